The maximum Gasteiger partial charge on any atom is 0.265 e. The van der Waals surface area contributed by atoms with Crippen molar-refractivity contribution in [1.82, 2.24) is 10.2 Å². The van der Waals surface area contributed by atoms with Crippen molar-refractivity contribution in [1.29, 1.82) is 0 Å². The first kappa shape index (κ1) is 16.8. The summed E-state index contributed by atoms with van der Waals surface area (Å²) < 4.78 is 0. The van der Waals surface area contributed by atoms with Crippen LogP contribution in [0.15, 0.2) is 72.8 Å². The van der Waals surface area contributed by atoms with Crippen LogP contribution in [0.4, 0.5) is 0 Å². The molecule has 1 saturated heterocycles. The van der Waals surface area contributed by atoms with Gasteiger partial charge in [-0.15, -0.1) is 6.58 Å². The summed E-state index contributed by atoms with van der Waals surface area (Å²) in [4.78, 5) is 26.2. The van der Waals surface area contributed by atoms with Gasteiger partial charge in [0, 0.05) is 6.54 Å². The minimum Gasteiger partial charge on any atom is -0.298 e. The van der Waals surface area contributed by atoms with E-state index in [9.17, 15) is 9.59 Å². The van der Waals surface area contributed by atoms with Gasteiger partial charge in [0.1, 0.15) is 5.57 Å². The summed E-state index contributed by atoms with van der Waals surface area (Å²) in [7, 11) is 0. The Balaban J connectivity index is 2.06. The Morgan fingerprint density at radius 3 is 2.44 bits per heavy atom. The number of carbonyl (C=O) groups is 2. The molecule has 0 atom stereocenters. The fourth-order valence-electron chi connectivity index (χ4n) is 2.65. The second kappa shape index (κ2) is 7.23. The first-order chi connectivity index (χ1) is 12.1. The third-order valence-corrected chi connectivity index (χ3v) is 4.17. The molecule has 2 amide bonds. The van der Waals surface area contributed by atoms with Crippen LogP contribution in [0.25, 0.3) is 17.2 Å². The standard InChI is InChI=1S/C20H16N2O2S/c1-2-12-22-19(24)17(18(23)21-20(22)25)13-15-10-6-7-11-16(15)14-8-4-3-5-9-14/h2-11,13H,1,12H2,(H,21,23,25)/b17-13+. The first-order valence-corrected chi connectivity index (χ1v) is 8.17. The van der Waals surface area contributed by atoms with Crippen molar-refractivity contribution in [3.63, 3.8) is 0 Å². The van der Waals surface area contributed by atoms with Crippen molar-refractivity contribution in [3.8, 4) is 11.1 Å². The lowest BCUT2D eigenvalue weighted by Crippen LogP contribution is -2.53. The van der Waals surface area contributed by atoms with E-state index < -0.39 is 11.8 Å². The van der Waals surface area contributed by atoms with Crippen LogP contribution in [-0.4, -0.2) is 28.4 Å². The lowest BCUT2D eigenvalue weighted by molar-refractivity contribution is -0.128. The Labute approximate surface area is 151 Å². The number of benzene rings is 2. The fraction of sp³-hybridized carbons (Fsp3) is 0.0500. The monoisotopic (exact) mass is 348 g/mol. The quantitative estimate of drug-likeness (QED) is 0.400. The Hall–Kier alpha value is -3.05. The van der Waals surface area contributed by atoms with E-state index >= 15 is 0 Å². The van der Waals surface area contributed by atoms with E-state index in [0.717, 1.165) is 16.7 Å². The molecule has 0 aromatic heterocycles. The van der Waals surface area contributed by atoms with E-state index in [1.165, 1.54) is 4.90 Å². The van der Waals surface area contributed by atoms with E-state index in [2.05, 4.69) is 11.9 Å². The van der Waals surface area contributed by atoms with Gasteiger partial charge in [0.2, 0.25) is 0 Å². The molecule has 4 nitrogen and oxygen atoms in total. The average Bonchev–Trinajstić information content (AvgIpc) is 2.63. The zero-order chi connectivity index (χ0) is 17.8. The number of amides is 2. The van der Waals surface area contributed by atoms with Gasteiger partial charge in [-0.25, -0.2) is 0 Å². The molecule has 0 spiro atoms. The van der Waals surface area contributed by atoms with Crippen LogP contribution in [0.3, 0.4) is 0 Å². The molecule has 0 radical (unpaired) electrons. The van der Waals surface area contributed by atoms with Crippen molar-refractivity contribution in [3.05, 3.63) is 78.4 Å². The van der Waals surface area contributed by atoms with Gasteiger partial charge < -0.3 is 0 Å². The van der Waals surface area contributed by atoms with Crippen LogP contribution < -0.4 is 5.32 Å². The third-order valence-electron chi connectivity index (χ3n) is 3.84. The third kappa shape index (κ3) is 3.41. The molecule has 0 saturated carbocycles. The lowest BCUT2D eigenvalue weighted by Gasteiger charge is -2.27. The highest BCUT2D eigenvalue weighted by atomic mass is 32.1. The molecule has 124 valence electrons. The molecule has 25 heavy (non-hydrogen) atoms. The molecule has 1 aliphatic rings. The summed E-state index contributed by atoms with van der Waals surface area (Å²) in [6.45, 7) is 3.87. The molecular weight excluding hydrogens is 332 g/mol. The number of hydrogen-bond acceptors (Lipinski definition) is 3. The number of thiocarbonyl (C=S) groups is 1. The van der Waals surface area contributed by atoms with Gasteiger partial charge in [0.25, 0.3) is 11.8 Å². The molecule has 0 unspecified atom stereocenters. The van der Waals surface area contributed by atoms with Gasteiger partial charge in [-0.2, -0.15) is 0 Å². The van der Waals surface area contributed by atoms with Crippen LogP contribution in [0.1, 0.15) is 5.56 Å². The maximum absolute atomic E-state index is 12.6. The molecule has 0 bridgehead atoms. The molecule has 1 fully saturated rings. The van der Waals surface area contributed by atoms with Crippen LogP contribution in [0.2, 0.25) is 0 Å². The highest BCUT2D eigenvalue weighted by Gasteiger charge is 2.32. The zero-order valence-electron chi connectivity index (χ0n) is 13.4. The summed E-state index contributed by atoms with van der Waals surface area (Å²) in [6, 6.07) is 17.4. The van der Waals surface area contributed by atoms with Gasteiger partial charge >= 0.3 is 0 Å². The molecule has 0 aliphatic carbocycles. The number of hydrogen-bond donors (Lipinski definition) is 1. The summed E-state index contributed by atoms with van der Waals surface area (Å²) in [6.07, 6.45) is 3.18. The predicted octanol–water partition coefficient (Wildman–Crippen LogP) is 3.17. The summed E-state index contributed by atoms with van der Waals surface area (Å²) in [5, 5.41) is 2.66. The van der Waals surface area contributed by atoms with Crippen LogP contribution >= 0.6 is 12.2 Å². The van der Waals surface area contributed by atoms with Crippen molar-refractivity contribution in [2.24, 2.45) is 0 Å². The number of rotatable bonds is 4. The normalized spacial score (nSPS) is 16.1. The van der Waals surface area contributed by atoms with Crippen LogP contribution in [0.5, 0.6) is 0 Å². The van der Waals surface area contributed by atoms with Crippen molar-refractivity contribution in [2.45, 2.75) is 0 Å². The molecule has 1 N–H and O–H groups in total. The summed E-state index contributed by atoms with van der Waals surface area (Å²) >= 11 is 5.06. The molecule has 5 heteroatoms. The Morgan fingerprint density at radius 1 is 1.04 bits per heavy atom. The smallest absolute Gasteiger partial charge is 0.265 e. The van der Waals surface area contributed by atoms with E-state index in [1.807, 2.05) is 54.6 Å². The molecule has 1 heterocycles. The number of carbonyl (C=O) groups excluding carboxylic acids is 2. The highest BCUT2D eigenvalue weighted by Crippen LogP contribution is 2.26. The maximum atomic E-state index is 12.6. The average molecular weight is 348 g/mol. The fourth-order valence-corrected chi connectivity index (χ4v) is 2.90. The zero-order valence-corrected chi connectivity index (χ0v) is 14.3. The van der Waals surface area contributed by atoms with Gasteiger partial charge in [0.15, 0.2) is 5.11 Å². The van der Waals surface area contributed by atoms with Gasteiger partial charge in [0.05, 0.1) is 0 Å². The molecule has 2 aromatic rings. The van der Waals surface area contributed by atoms with Gasteiger partial charge in [-0.3, -0.25) is 19.8 Å². The second-order valence-electron chi connectivity index (χ2n) is 5.47. The van der Waals surface area contributed by atoms with Gasteiger partial charge in [-0.1, -0.05) is 60.7 Å². The summed E-state index contributed by atoms with van der Waals surface area (Å²) in [5.41, 5.74) is 2.80. The van der Waals surface area contributed by atoms with Crippen LogP contribution in [-0.2, 0) is 9.59 Å². The molecule has 3 rings (SSSR count). The molecule has 2 aromatic carbocycles. The minimum atomic E-state index is -0.488. The molecule has 1 aliphatic heterocycles. The lowest BCUT2D eigenvalue weighted by atomic mass is 9.97. The number of nitrogens with one attached hydrogen (secondary N) is 1. The number of nitrogens with zero attached hydrogens (tertiary/aromatic N) is 1. The Morgan fingerprint density at radius 2 is 1.72 bits per heavy atom. The van der Waals surface area contributed by atoms with E-state index in [4.69, 9.17) is 12.2 Å². The predicted molar refractivity (Wildman–Crippen MR) is 103 cm³/mol. The highest BCUT2D eigenvalue weighted by molar-refractivity contribution is 7.80. The largest absolute Gasteiger partial charge is 0.298 e. The first-order valence-electron chi connectivity index (χ1n) is 7.76. The SMILES string of the molecule is C=CCN1C(=O)/C(=C/c2ccccc2-c2ccccc2)C(=O)NC1=S. The van der Waals surface area contributed by atoms with Crippen molar-refractivity contribution >= 4 is 35.2 Å². The summed E-state index contributed by atoms with van der Waals surface area (Å²) in [5.74, 6) is -0.908. The van der Waals surface area contributed by atoms with Crippen LogP contribution in [0, 0.1) is 0 Å². The minimum absolute atomic E-state index is 0.0545. The van der Waals surface area contributed by atoms with E-state index in [1.54, 1.807) is 12.2 Å². The van der Waals surface area contributed by atoms with E-state index in [0.29, 0.717) is 0 Å². The van der Waals surface area contributed by atoms with Crippen molar-refractivity contribution in [2.75, 3.05) is 6.54 Å². The Bertz CT molecular complexity index is 888. The van der Waals surface area contributed by atoms with Crippen molar-refractivity contribution < 1.29 is 9.59 Å². The molecular formula is C20H16N2O2S. The van der Waals surface area contributed by atoms with E-state index in [-0.39, 0.29) is 17.2 Å². The Kier molecular flexibility index (Phi) is 4.86. The topological polar surface area (TPSA) is 49.4 Å². The second-order valence-corrected chi connectivity index (χ2v) is 5.86. The van der Waals surface area contributed by atoms with Gasteiger partial charge in [-0.05, 0) is 35.0 Å².